The van der Waals surface area contributed by atoms with E-state index in [4.69, 9.17) is 14.2 Å². The van der Waals surface area contributed by atoms with Gasteiger partial charge in [-0.1, -0.05) is 24.3 Å². The van der Waals surface area contributed by atoms with E-state index < -0.39 is 11.9 Å². The first-order valence-corrected chi connectivity index (χ1v) is 10.7. The first-order valence-electron chi connectivity index (χ1n) is 9.69. The fraction of sp³-hybridized carbons (Fsp3) is 0.364. The molecule has 6 nitrogen and oxygen atoms in total. The molecule has 0 aromatic heterocycles. The number of thioether (sulfide) groups is 1. The maximum absolute atomic E-state index is 12.5. The lowest BCUT2D eigenvalue weighted by atomic mass is 10.2. The molecule has 3 rings (SSSR count). The zero-order valence-electron chi connectivity index (χ0n) is 16.4. The van der Waals surface area contributed by atoms with E-state index in [1.165, 1.54) is 0 Å². The number of amides is 1. The number of carbonyl (C=O) groups excluding carboxylic acids is 2. The summed E-state index contributed by atoms with van der Waals surface area (Å²) >= 11 is 1.57. The van der Waals surface area contributed by atoms with Crippen molar-refractivity contribution in [2.75, 3.05) is 30.9 Å². The summed E-state index contributed by atoms with van der Waals surface area (Å²) in [5.41, 5.74) is 1.00. The Kier molecular flexibility index (Phi) is 7.95. The smallest absolute Gasteiger partial charge is 0.339 e. The molecule has 1 unspecified atom stereocenters. The highest BCUT2D eigenvalue weighted by Gasteiger charge is 2.19. The monoisotopic (exact) mass is 415 g/mol. The van der Waals surface area contributed by atoms with Gasteiger partial charge in [-0.05, 0) is 44.0 Å². The number of rotatable bonds is 9. The van der Waals surface area contributed by atoms with E-state index in [-0.39, 0.29) is 12.7 Å². The van der Waals surface area contributed by atoms with Crippen LogP contribution in [-0.2, 0) is 14.3 Å². The standard InChI is InChI=1S/C22H25NO5S/c1-2-26-19-11-5-4-10-18(19)23-21(24)14-28-22(25)17-9-3-6-12-20(17)29-15-16-8-7-13-27-16/h3-6,9-12,16H,2,7-8,13-15H2,1H3,(H,23,24). The molecular formula is C22H25NO5S. The summed E-state index contributed by atoms with van der Waals surface area (Å²) < 4.78 is 16.4. The van der Waals surface area contributed by atoms with Gasteiger partial charge in [-0.2, -0.15) is 0 Å². The molecule has 2 aromatic rings. The average Bonchev–Trinajstić information content (AvgIpc) is 3.26. The summed E-state index contributed by atoms with van der Waals surface area (Å²) in [5, 5.41) is 2.72. The predicted molar refractivity (Wildman–Crippen MR) is 113 cm³/mol. The average molecular weight is 416 g/mol. The number of hydrogen-bond donors (Lipinski definition) is 1. The van der Waals surface area contributed by atoms with E-state index in [1.807, 2.05) is 25.1 Å². The lowest BCUT2D eigenvalue weighted by Crippen LogP contribution is -2.21. The van der Waals surface area contributed by atoms with Gasteiger partial charge in [0.05, 0.1) is 24.0 Å². The van der Waals surface area contributed by atoms with Gasteiger partial charge in [-0.15, -0.1) is 11.8 Å². The molecule has 154 valence electrons. The molecule has 0 aliphatic carbocycles. The summed E-state index contributed by atoms with van der Waals surface area (Å²) in [7, 11) is 0. The fourth-order valence-electron chi connectivity index (χ4n) is 2.97. The van der Waals surface area contributed by atoms with E-state index >= 15 is 0 Å². The van der Waals surface area contributed by atoms with Crippen LogP contribution >= 0.6 is 11.8 Å². The summed E-state index contributed by atoms with van der Waals surface area (Å²) in [4.78, 5) is 25.6. The van der Waals surface area contributed by atoms with Crippen LogP contribution in [0.3, 0.4) is 0 Å². The minimum absolute atomic E-state index is 0.222. The van der Waals surface area contributed by atoms with Crippen LogP contribution in [0.1, 0.15) is 30.1 Å². The van der Waals surface area contributed by atoms with Crippen molar-refractivity contribution in [1.82, 2.24) is 0 Å². The van der Waals surface area contributed by atoms with Crippen LogP contribution < -0.4 is 10.1 Å². The van der Waals surface area contributed by atoms with Crippen molar-refractivity contribution in [3.8, 4) is 5.75 Å². The largest absolute Gasteiger partial charge is 0.492 e. The molecular weight excluding hydrogens is 390 g/mol. The minimum Gasteiger partial charge on any atom is -0.492 e. The number of esters is 1. The van der Waals surface area contributed by atoms with E-state index in [0.717, 1.165) is 30.1 Å². The molecule has 0 bridgehead atoms. The Hall–Kier alpha value is -2.51. The normalized spacial score (nSPS) is 15.7. The molecule has 0 spiro atoms. The van der Waals surface area contributed by atoms with Gasteiger partial charge in [-0.3, -0.25) is 4.79 Å². The first kappa shape index (κ1) is 21.2. The second-order valence-corrected chi connectivity index (χ2v) is 7.56. The molecule has 1 aliphatic heterocycles. The Morgan fingerprint density at radius 2 is 1.97 bits per heavy atom. The number of para-hydroxylation sites is 2. The molecule has 1 heterocycles. The highest BCUT2D eigenvalue weighted by atomic mass is 32.2. The van der Waals surface area contributed by atoms with Crippen LogP contribution in [0.5, 0.6) is 5.75 Å². The third-order valence-electron chi connectivity index (χ3n) is 4.35. The molecule has 1 fully saturated rings. The lowest BCUT2D eigenvalue weighted by molar-refractivity contribution is -0.119. The summed E-state index contributed by atoms with van der Waals surface area (Å²) in [6, 6.07) is 14.4. The molecule has 1 amide bonds. The zero-order chi connectivity index (χ0) is 20.5. The third-order valence-corrected chi connectivity index (χ3v) is 5.56. The summed E-state index contributed by atoms with van der Waals surface area (Å²) in [6.45, 7) is 2.79. The molecule has 1 saturated heterocycles. The second kappa shape index (κ2) is 10.9. The number of benzene rings is 2. The number of carbonyl (C=O) groups is 2. The van der Waals surface area contributed by atoms with E-state index in [2.05, 4.69) is 5.32 Å². The van der Waals surface area contributed by atoms with Crippen molar-refractivity contribution in [2.45, 2.75) is 30.8 Å². The highest BCUT2D eigenvalue weighted by molar-refractivity contribution is 7.99. The van der Waals surface area contributed by atoms with Crippen molar-refractivity contribution >= 4 is 29.3 Å². The highest BCUT2D eigenvalue weighted by Crippen LogP contribution is 2.27. The Morgan fingerprint density at radius 3 is 2.76 bits per heavy atom. The Morgan fingerprint density at radius 1 is 1.17 bits per heavy atom. The van der Waals surface area contributed by atoms with Crippen LogP contribution in [0.2, 0.25) is 0 Å². The molecule has 1 atom stereocenters. The van der Waals surface area contributed by atoms with Crippen LogP contribution in [0.4, 0.5) is 5.69 Å². The van der Waals surface area contributed by atoms with Crippen molar-refractivity contribution in [3.63, 3.8) is 0 Å². The summed E-state index contributed by atoms with van der Waals surface area (Å²) in [6.07, 6.45) is 2.35. The van der Waals surface area contributed by atoms with Gasteiger partial charge in [0.2, 0.25) is 0 Å². The predicted octanol–water partition coefficient (Wildman–Crippen LogP) is 4.15. The van der Waals surface area contributed by atoms with Crippen LogP contribution in [0, 0.1) is 0 Å². The second-order valence-electron chi connectivity index (χ2n) is 6.50. The number of hydrogen-bond acceptors (Lipinski definition) is 6. The number of nitrogens with one attached hydrogen (secondary N) is 1. The summed E-state index contributed by atoms with van der Waals surface area (Å²) in [5.74, 6) is 0.424. The maximum Gasteiger partial charge on any atom is 0.339 e. The Labute approximate surface area is 174 Å². The molecule has 0 radical (unpaired) electrons. The van der Waals surface area contributed by atoms with Crippen LogP contribution in [0.25, 0.3) is 0 Å². The van der Waals surface area contributed by atoms with Gasteiger partial charge in [0, 0.05) is 17.3 Å². The van der Waals surface area contributed by atoms with Gasteiger partial charge in [0.15, 0.2) is 6.61 Å². The minimum atomic E-state index is -0.520. The zero-order valence-corrected chi connectivity index (χ0v) is 17.2. The lowest BCUT2D eigenvalue weighted by Gasteiger charge is -2.13. The van der Waals surface area contributed by atoms with Crippen molar-refractivity contribution < 1.29 is 23.8 Å². The van der Waals surface area contributed by atoms with Crippen molar-refractivity contribution in [1.29, 1.82) is 0 Å². The number of ether oxygens (including phenoxy) is 3. The third kappa shape index (κ3) is 6.24. The Bertz CT molecular complexity index is 835. The maximum atomic E-state index is 12.5. The van der Waals surface area contributed by atoms with Gasteiger partial charge >= 0.3 is 5.97 Å². The van der Waals surface area contributed by atoms with E-state index in [9.17, 15) is 9.59 Å². The molecule has 2 aromatic carbocycles. The SMILES string of the molecule is CCOc1ccccc1NC(=O)COC(=O)c1ccccc1SCC1CCCO1. The fourth-order valence-corrected chi connectivity index (χ4v) is 4.08. The van der Waals surface area contributed by atoms with Crippen molar-refractivity contribution in [3.05, 3.63) is 54.1 Å². The Balaban J connectivity index is 1.54. The quantitative estimate of drug-likeness (QED) is 0.490. The van der Waals surface area contributed by atoms with Gasteiger partial charge < -0.3 is 19.5 Å². The van der Waals surface area contributed by atoms with Crippen LogP contribution in [-0.4, -0.2) is 43.6 Å². The first-order chi connectivity index (χ1) is 14.2. The molecule has 1 N–H and O–H groups in total. The van der Waals surface area contributed by atoms with Gasteiger partial charge in [0.25, 0.3) is 5.91 Å². The molecule has 29 heavy (non-hydrogen) atoms. The molecule has 1 aliphatic rings. The van der Waals surface area contributed by atoms with Gasteiger partial charge in [-0.25, -0.2) is 4.79 Å². The topological polar surface area (TPSA) is 73.9 Å². The molecule has 0 saturated carbocycles. The molecule has 7 heteroatoms. The van der Waals surface area contributed by atoms with Gasteiger partial charge in [0.1, 0.15) is 5.75 Å². The van der Waals surface area contributed by atoms with Crippen LogP contribution in [0.15, 0.2) is 53.4 Å². The van der Waals surface area contributed by atoms with E-state index in [0.29, 0.717) is 23.6 Å². The number of anilines is 1. The van der Waals surface area contributed by atoms with E-state index in [1.54, 1.807) is 42.1 Å². The van der Waals surface area contributed by atoms with Crippen molar-refractivity contribution in [2.24, 2.45) is 0 Å².